The molecule has 5 aromatic rings. The lowest BCUT2D eigenvalue weighted by Crippen LogP contribution is -1.87. The van der Waals surface area contributed by atoms with Crippen molar-refractivity contribution >= 4 is 21.8 Å². The van der Waals surface area contributed by atoms with Crippen LogP contribution in [0.4, 0.5) is 0 Å². The van der Waals surface area contributed by atoms with Gasteiger partial charge < -0.3 is 4.98 Å². The quantitative estimate of drug-likeness (QED) is 0.351. The second-order valence-corrected chi connectivity index (χ2v) is 7.10. The number of benzene rings is 4. The minimum Gasteiger partial charge on any atom is -0.355 e. The summed E-state index contributed by atoms with van der Waals surface area (Å²) in [7, 11) is 0. The fourth-order valence-corrected chi connectivity index (χ4v) is 4.45. The number of aromatic nitrogens is 1. The van der Waals surface area contributed by atoms with E-state index in [0.717, 1.165) is 6.42 Å². The normalized spacial score (nSPS) is 12.5. The molecule has 0 spiro atoms. The van der Waals surface area contributed by atoms with Crippen LogP contribution in [0.25, 0.3) is 44.1 Å². The molecule has 1 heteroatoms. The van der Waals surface area contributed by atoms with Gasteiger partial charge in [0.2, 0.25) is 0 Å². The van der Waals surface area contributed by atoms with E-state index in [-0.39, 0.29) is 0 Å². The fraction of sp³-hybridized carbons (Fsp3) is 0.0400. The summed E-state index contributed by atoms with van der Waals surface area (Å²) in [6, 6.07) is 30.7. The van der Waals surface area contributed by atoms with Crippen molar-refractivity contribution in [1.82, 2.24) is 4.98 Å². The molecular formula is C25H17N. The second kappa shape index (κ2) is 5.09. The fourth-order valence-electron chi connectivity index (χ4n) is 4.45. The molecule has 1 aliphatic rings. The molecule has 0 aliphatic heterocycles. The Hall–Kier alpha value is -3.32. The Bertz CT molecular complexity index is 1290. The maximum absolute atomic E-state index is 3.58. The van der Waals surface area contributed by atoms with E-state index in [1.807, 2.05) is 0 Å². The molecule has 4 aromatic carbocycles. The molecule has 122 valence electrons. The molecule has 0 amide bonds. The van der Waals surface area contributed by atoms with Crippen molar-refractivity contribution in [2.75, 3.05) is 0 Å². The summed E-state index contributed by atoms with van der Waals surface area (Å²) in [5.74, 6) is 0. The van der Waals surface area contributed by atoms with Crippen molar-refractivity contribution in [3.05, 3.63) is 96.1 Å². The van der Waals surface area contributed by atoms with Crippen LogP contribution in [0.2, 0.25) is 0 Å². The lowest BCUT2D eigenvalue weighted by Gasteiger charge is -2.08. The maximum Gasteiger partial charge on any atom is 0.0468 e. The third-order valence-corrected chi connectivity index (χ3v) is 5.65. The van der Waals surface area contributed by atoms with Gasteiger partial charge in [0.25, 0.3) is 0 Å². The van der Waals surface area contributed by atoms with E-state index in [1.54, 1.807) is 0 Å². The second-order valence-electron chi connectivity index (χ2n) is 7.10. The first-order valence-corrected chi connectivity index (χ1v) is 9.09. The molecule has 0 atom stereocenters. The predicted molar refractivity (Wildman–Crippen MR) is 109 cm³/mol. The minimum atomic E-state index is 1.00. The first-order chi connectivity index (χ1) is 12.9. The first kappa shape index (κ1) is 13.9. The zero-order valence-electron chi connectivity index (χ0n) is 14.3. The Morgan fingerprint density at radius 3 is 2.31 bits per heavy atom. The average molecular weight is 331 g/mol. The van der Waals surface area contributed by atoms with Crippen LogP contribution in [0, 0.1) is 0 Å². The third-order valence-electron chi connectivity index (χ3n) is 5.65. The molecule has 1 aliphatic carbocycles. The number of para-hydroxylation sites is 1. The molecule has 0 bridgehead atoms. The van der Waals surface area contributed by atoms with Crippen molar-refractivity contribution < 1.29 is 0 Å². The molecule has 0 radical (unpaired) electrons. The number of hydrogen-bond donors (Lipinski definition) is 1. The van der Waals surface area contributed by atoms with Crippen LogP contribution in [0.5, 0.6) is 0 Å². The number of H-pyrrole nitrogens is 1. The molecule has 0 saturated carbocycles. The van der Waals surface area contributed by atoms with Gasteiger partial charge in [-0.15, -0.1) is 0 Å². The summed E-state index contributed by atoms with van der Waals surface area (Å²) >= 11 is 0. The van der Waals surface area contributed by atoms with Gasteiger partial charge in [-0.2, -0.15) is 0 Å². The van der Waals surface area contributed by atoms with Gasteiger partial charge in [0.05, 0.1) is 0 Å². The highest BCUT2D eigenvalue weighted by atomic mass is 14.7. The van der Waals surface area contributed by atoms with Gasteiger partial charge in [0.15, 0.2) is 0 Å². The monoisotopic (exact) mass is 331 g/mol. The highest BCUT2D eigenvalue weighted by molar-refractivity contribution is 6.09. The smallest absolute Gasteiger partial charge is 0.0468 e. The SMILES string of the molecule is c1ccc(-c2cccc3c2Cc2cc4[nH]c5ccccc5c4cc2-3)cc1. The van der Waals surface area contributed by atoms with Crippen molar-refractivity contribution in [3.8, 4) is 22.3 Å². The van der Waals surface area contributed by atoms with Crippen LogP contribution in [-0.2, 0) is 6.42 Å². The van der Waals surface area contributed by atoms with Crippen molar-refractivity contribution in [2.24, 2.45) is 0 Å². The van der Waals surface area contributed by atoms with E-state index in [9.17, 15) is 0 Å². The molecule has 1 heterocycles. The highest BCUT2D eigenvalue weighted by Gasteiger charge is 2.22. The van der Waals surface area contributed by atoms with E-state index in [0.29, 0.717) is 0 Å². The van der Waals surface area contributed by atoms with Gasteiger partial charge in [-0.3, -0.25) is 0 Å². The zero-order chi connectivity index (χ0) is 17.1. The number of nitrogens with one attached hydrogen (secondary N) is 1. The van der Waals surface area contributed by atoms with Crippen molar-refractivity contribution in [2.45, 2.75) is 6.42 Å². The lowest BCUT2D eigenvalue weighted by molar-refractivity contribution is 1.27. The number of hydrogen-bond acceptors (Lipinski definition) is 0. The molecule has 0 unspecified atom stereocenters. The average Bonchev–Trinajstić information content (AvgIpc) is 3.24. The van der Waals surface area contributed by atoms with E-state index >= 15 is 0 Å². The van der Waals surface area contributed by atoms with Gasteiger partial charge in [0, 0.05) is 21.8 Å². The Morgan fingerprint density at radius 1 is 0.577 bits per heavy atom. The Morgan fingerprint density at radius 2 is 1.38 bits per heavy atom. The van der Waals surface area contributed by atoms with Gasteiger partial charge in [0.1, 0.15) is 0 Å². The lowest BCUT2D eigenvalue weighted by atomic mass is 9.96. The maximum atomic E-state index is 3.58. The summed E-state index contributed by atoms with van der Waals surface area (Å²) in [5.41, 5.74) is 10.7. The molecule has 26 heavy (non-hydrogen) atoms. The summed E-state index contributed by atoms with van der Waals surface area (Å²) < 4.78 is 0. The Labute approximate surface area is 151 Å². The summed E-state index contributed by atoms with van der Waals surface area (Å²) in [6.45, 7) is 0. The molecule has 1 aromatic heterocycles. The van der Waals surface area contributed by atoms with E-state index < -0.39 is 0 Å². The highest BCUT2D eigenvalue weighted by Crippen LogP contribution is 2.43. The third kappa shape index (κ3) is 1.86. The molecule has 6 rings (SSSR count). The standard InChI is InChI=1S/C25H17N/c1-2-7-16(8-3-1)18-10-6-11-19-21-15-23-20-9-4-5-12-24(20)26-25(23)14-17(21)13-22(18)19/h1-12,14-15,26H,13H2. The summed E-state index contributed by atoms with van der Waals surface area (Å²) in [6.07, 6.45) is 1.00. The van der Waals surface area contributed by atoms with Crippen LogP contribution in [0.15, 0.2) is 84.9 Å². The van der Waals surface area contributed by atoms with Gasteiger partial charge in [-0.25, -0.2) is 0 Å². The topological polar surface area (TPSA) is 15.8 Å². The molecule has 1 N–H and O–H groups in total. The van der Waals surface area contributed by atoms with E-state index in [1.165, 1.54) is 55.2 Å². The van der Waals surface area contributed by atoms with Crippen LogP contribution in [-0.4, -0.2) is 4.98 Å². The number of rotatable bonds is 1. The van der Waals surface area contributed by atoms with Crippen molar-refractivity contribution in [3.63, 3.8) is 0 Å². The molecular weight excluding hydrogens is 314 g/mol. The van der Waals surface area contributed by atoms with Gasteiger partial charge in [-0.05, 0) is 58.0 Å². The first-order valence-electron chi connectivity index (χ1n) is 9.09. The summed E-state index contributed by atoms with van der Waals surface area (Å²) in [5, 5.41) is 2.62. The Balaban J connectivity index is 1.62. The van der Waals surface area contributed by atoms with Crippen molar-refractivity contribution in [1.29, 1.82) is 0 Å². The predicted octanol–water partition coefficient (Wildman–Crippen LogP) is 6.56. The van der Waals surface area contributed by atoms with E-state index in [2.05, 4.69) is 89.9 Å². The number of fused-ring (bicyclic) bond motifs is 6. The number of aromatic amines is 1. The largest absolute Gasteiger partial charge is 0.355 e. The van der Waals surface area contributed by atoms with Gasteiger partial charge in [-0.1, -0.05) is 66.7 Å². The van der Waals surface area contributed by atoms with E-state index in [4.69, 9.17) is 0 Å². The Kier molecular flexibility index (Phi) is 2.72. The van der Waals surface area contributed by atoms with Crippen LogP contribution >= 0.6 is 0 Å². The zero-order valence-corrected chi connectivity index (χ0v) is 14.3. The molecule has 0 fully saturated rings. The molecule has 0 saturated heterocycles. The van der Waals surface area contributed by atoms with Crippen LogP contribution < -0.4 is 0 Å². The molecule has 1 nitrogen and oxygen atoms in total. The van der Waals surface area contributed by atoms with Crippen LogP contribution in [0.1, 0.15) is 11.1 Å². The van der Waals surface area contributed by atoms with Gasteiger partial charge >= 0.3 is 0 Å². The minimum absolute atomic E-state index is 1.00. The summed E-state index contributed by atoms with van der Waals surface area (Å²) in [4.78, 5) is 3.58. The van der Waals surface area contributed by atoms with Crippen LogP contribution in [0.3, 0.4) is 0 Å².